The summed E-state index contributed by atoms with van der Waals surface area (Å²) in [5, 5.41) is 0. The van der Waals surface area contributed by atoms with Gasteiger partial charge in [-0.2, -0.15) is 0 Å². The fourth-order valence-corrected chi connectivity index (χ4v) is 4.35. The highest BCUT2D eigenvalue weighted by molar-refractivity contribution is 5.77. The van der Waals surface area contributed by atoms with Gasteiger partial charge in [0.1, 0.15) is 12.4 Å². The summed E-state index contributed by atoms with van der Waals surface area (Å²) in [5.41, 5.74) is 7.03. The Morgan fingerprint density at radius 1 is 1.15 bits per heavy atom. The van der Waals surface area contributed by atoms with Crippen molar-refractivity contribution in [1.29, 1.82) is 0 Å². The number of nitrogens with zero attached hydrogens (tertiary/aromatic N) is 3. The Morgan fingerprint density at radius 2 is 1.88 bits per heavy atom. The number of hydrogen-bond acceptors (Lipinski definition) is 6. The average Bonchev–Trinajstić information content (AvgIpc) is 2.77. The first kappa shape index (κ1) is 24.4. The number of carbonyl (C=O) groups excluding carboxylic acids is 1. The molecule has 1 aromatic carbocycles. The number of anilines is 1. The molecular weight excluding hydrogens is 435 g/mol. The zero-order chi connectivity index (χ0) is 24.3. The van der Waals surface area contributed by atoms with Gasteiger partial charge in [-0.05, 0) is 64.4 Å². The van der Waals surface area contributed by atoms with E-state index in [0.29, 0.717) is 48.4 Å². The van der Waals surface area contributed by atoms with E-state index in [0.717, 1.165) is 37.7 Å². The van der Waals surface area contributed by atoms with Gasteiger partial charge in [-0.3, -0.25) is 9.78 Å². The summed E-state index contributed by atoms with van der Waals surface area (Å²) in [6, 6.07) is 3.73. The largest absolute Gasteiger partial charge is 0.490 e. The van der Waals surface area contributed by atoms with Crippen LogP contribution in [0.1, 0.15) is 64.4 Å². The van der Waals surface area contributed by atoms with Crippen LogP contribution in [0.3, 0.4) is 0 Å². The highest BCUT2D eigenvalue weighted by atomic mass is 19.1. The molecule has 0 atom stereocenters. The molecule has 1 amide bonds. The smallest absolute Gasteiger partial charge is 0.248 e. The lowest BCUT2D eigenvalue weighted by Crippen LogP contribution is -2.42. The minimum Gasteiger partial charge on any atom is -0.490 e. The topological polar surface area (TPSA) is 90.6 Å². The van der Waals surface area contributed by atoms with Gasteiger partial charge in [0, 0.05) is 24.2 Å². The van der Waals surface area contributed by atoms with Gasteiger partial charge in [0.2, 0.25) is 5.91 Å². The predicted octanol–water partition coefficient (Wildman–Crippen LogP) is 4.56. The van der Waals surface area contributed by atoms with Crippen molar-refractivity contribution < 1.29 is 18.7 Å². The summed E-state index contributed by atoms with van der Waals surface area (Å²) in [6.07, 6.45) is 7.81. The maximum atomic E-state index is 15.7. The highest BCUT2D eigenvalue weighted by Gasteiger charge is 2.29. The number of hydrogen-bond donors (Lipinski definition) is 1. The molecule has 1 aliphatic heterocycles. The minimum absolute atomic E-state index is 0.0184. The van der Waals surface area contributed by atoms with Crippen molar-refractivity contribution >= 4 is 11.7 Å². The summed E-state index contributed by atoms with van der Waals surface area (Å²) in [6.45, 7) is 7.68. The van der Waals surface area contributed by atoms with Crippen LogP contribution in [0.25, 0.3) is 11.3 Å². The molecule has 1 aliphatic carbocycles. The van der Waals surface area contributed by atoms with E-state index in [1.54, 1.807) is 6.07 Å². The Balaban J connectivity index is 1.41. The second-order valence-electron chi connectivity index (χ2n) is 10.3. The number of benzene rings is 1. The number of aromatic nitrogens is 2. The molecule has 2 aliphatic rings. The molecule has 34 heavy (non-hydrogen) atoms. The van der Waals surface area contributed by atoms with Crippen LogP contribution in [0.2, 0.25) is 0 Å². The van der Waals surface area contributed by atoms with Crippen molar-refractivity contribution in [3.8, 4) is 17.0 Å². The van der Waals surface area contributed by atoms with E-state index in [1.807, 2.05) is 31.7 Å². The first-order valence-corrected chi connectivity index (χ1v) is 12.2. The Morgan fingerprint density at radius 3 is 2.47 bits per heavy atom. The van der Waals surface area contributed by atoms with Crippen LogP contribution in [0.5, 0.6) is 5.75 Å². The third-order valence-electron chi connectivity index (χ3n) is 6.68. The van der Waals surface area contributed by atoms with E-state index in [-0.39, 0.29) is 24.0 Å². The summed E-state index contributed by atoms with van der Waals surface area (Å²) in [4.78, 5) is 22.6. The number of halogens is 1. The van der Waals surface area contributed by atoms with E-state index in [2.05, 4.69) is 9.97 Å². The molecule has 0 spiro atoms. The number of nitrogen functional groups attached to an aromatic ring is 1. The van der Waals surface area contributed by atoms with Gasteiger partial charge in [-0.1, -0.05) is 12.5 Å². The number of carbonyl (C=O) groups is 1. The van der Waals surface area contributed by atoms with Gasteiger partial charge in [0.05, 0.1) is 30.3 Å². The highest BCUT2D eigenvalue weighted by Crippen LogP contribution is 2.44. The van der Waals surface area contributed by atoms with E-state index in [1.165, 1.54) is 12.4 Å². The minimum atomic E-state index is -0.393. The third-order valence-corrected chi connectivity index (χ3v) is 6.68. The van der Waals surface area contributed by atoms with Gasteiger partial charge >= 0.3 is 0 Å². The van der Waals surface area contributed by atoms with E-state index >= 15 is 4.39 Å². The van der Waals surface area contributed by atoms with E-state index < -0.39 is 5.82 Å². The first-order valence-electron chi connectivity index (χ1n) is 12.2. The lowest BCUT2D eigenvalue weighted by Gasteiger charge is -2.33. The molecular formula is C26H35FN4O3. The Kier molecular flexibility index (Phi) is 7.36. The Labute approximate surface area is 200 Å². The molecule has 0 unspecified atom stereocenters. The molecule has 1 aromatic heterocycles. The van der Waals surface area contributed by atoms with Gasteiger partial charge < -0.3 is 20.1 Å². The average molecular weight is 471 g/mol. The SMILES string of the molecule is CC(C)(C)OCC(=O)N1CCC(COc2c(C3CCC3)ccc(-c3cnc(N)cn3)c2F)CC1. The number of rotatable bonds is 7. The van der Waals surface area contributed by atoms with Crippen LogP contribution >= 0.6 is 0 Å². The van der Waals surface area contributed by atoms with Gasteiger partial charge in [-0.25, -0.2) is 9.37 Å². The number of ether oxygens (including phenoxy) is 2. The lowest BCUT2D eigenvalue weighted by atomic mass is 9.79. The standard InChI is InChI=1S/C26H35FN4O3/c1-26(2,3)34-16-23(32)31-11-9-17(10-12-31)15-33-25-19(18-5-4-6-18)7-8-20(24(25)27)21-13-30-22(28)14-29-21/h7-8,13-14,17-18H,4-6,9-12,15-16H2,1-3H3,(H2,28,30). The molecule has 1 saturated carbocycles. The quantitative estimate of drug-likeness (QED) is 0.638. The van der Waals surface area contributed by atoms with Crippen LogP contribution < -0.4 is 10.5 Å². The molecule has 2 fully saturated rings. The molecule has 4 rings (SSSR count). The third kappa shape index (κ3) is 5.84. The monoisotopic (exact) mass is 470 g/mol. The van der Waals surface area contributed by atoms with Crippen molar-refractivity contribution in [2.24, 2.45) is 5.92 Å². The first-order chi connectivity index (χ1) is 16.2. The fourth-order valence-electron chi connectivity index (χ4n) is 4.35. The number of likely N-dealkylation sites (tertiary alicyclic amines) is 1. The van der Waals surface area contributed by atoms with Crippen LogP contribution in [-0.4, -0.2) is 52.7 Å². The summed E-state index contributed by atoms with van der Waals surface area (Å²) in [5.74, 6) is 0.847. The van der Waals surface area contributed by atoms with Crippen molar-refractivity contribution in [2.45, 2.75) is 64.4 Å². The molecule has 0 bridgehead atoms. The van der Waals surface area contributed by atoms with Crippen molar-refractivity contribution in [1.82, 2.24) is 14.9 Å². The van der Waals surface area contributed by atoms with Crippen LogP contribution in [0, 0.1) is 11.7 Å². The maximum absolute atomic E-state index is 15.7. The summed E-state index contributed by atoms with van der Waals surface area (Å²) in [7, 11) is 0. The normalized spacial score (nSPS) is 17.5. The lowest BCUT2D eigenvalue weighted by molar-refractivity contribution is -0.142. The second-order valence-corrected chi connectivity index (χ2v) is 10.3. The molecule has 2 heterocycles. The zero-order valence-corrected chi connectivity index (χ0v) is 20.3. The van der Waals surface area contributed by atoms with Crippen molar-refractivity contribution in [3.63, 3.8) is 0 Å². The zero-order valence-electron chi connectivity index (χ0n) is 20.3. The van der Waals surface area contributed by atoms with Gasteiger partial charge in [-0.15, -0.1) is 0 Å². The van der Waals surface area contributed by atoms with Crippen LogP contribution in [-0.2, 0) is 9.53 Å². The van der Waals surface area contributed by atoms with Gasteiger partial charge in [0.25, 0.3) is 0 Å². The summed E-state index contributed by atoms with van der Waals surface area (Å²) < 4.78 is 27.4. The maximum Gasteiger partial charge on any atom is 0.248 e. The van der Waals surface area contributed by atoms with Crippen molar-refractivity contribution in [3.05, 3.63) is 35.9 Å². The summed E-state index contributed by atoms with van der Waals surface area (Å²) >= 11 is 0. The van der Waals surface area contributed by atoms with Crippen molar-refractivity contribution in [2.75, 3.05) is 32.0 Å². The van der Waals surface area contributed by atoms with Gasteiger partial charge in [0.15, 0.2) is 11.6 Å². The second kappa shape index (κ2) is 10.3. The van der Waals surface area contributed by atoms with Crippen LogP contribution in [0.15, 0.2) is 24.5 Å². The van der Waals surface area contributed by atoms with E-state index in [4.69, 9.17) is 15.2 Å². The van der Waals surface area contributed by atoms with E-state index in [9.17, 15) is 4.79 Å². The molecule has 8 heteroatoms. The predicted molar refractivity (Wildman–Crippen MR) is 129 cm³/mol. The molecule has 1 saturated heterocycles. The number of piperidine rings is 1. The Bertz CT molecular complexity index is 994. The molecule has 184 valence electrons. The fraction of sp³-hybridized carbons (Fsp3) is 0.577. The Hall–Kier alpha value is -2.74. The molecule has 2 N–H and O–H groups in total. The molecule has 7 nitrogen and oxygen atoms in total. The molecule has 2 aromatic rings. The number of nitrogens with two attached hydrogens (primary N) is 1. The molecule has 0 radical (unpaired) electrons. The van der Waals surface area contributed by atoms with Crippen LogP contribution in [0.4, 0.5) is 10.2 Å². The number of amides is 1.